The van der Waals surface area contributed by atoms with Crippen LogP contribution >= 0.6 is 0 Å². The number of hydrogen-bond acceptors (Lipinski definition) is 3. The van der Waals surface area contributed by atoms with Gasteiger partial charge < -0.3 is 5.32 Å². The van der Waals surface area contributed by atoms with Crippen LogP contribution in [0.1, 0.15) is 6.92 Å². The smallest absolute Gasteiger partial charge is 0.236 e. The maximum atomic E-state index is 13.2. The molecule has 0 fully saturated rings. The first-order chi connectivity index (χ1) is 7.88. The third-order valence-corrected chi connectivity index (χ3v) is 3.94. The Labute approximate surface area is 99.1 Å². The third kappa shape index (κ3) is 3.37. The zero-order chi connectivity index (χ0) is 13.1. The summed E-state index contributed by atoms with van der Waals surface area (Å²) in [6.07, 6.45) is 0. The van der Waals surface area contributed by atoms with E-state index in [0.29, 0.717) is 0 Å². The summed E-state index contributed by atoms with van der Waals surface area (Å²) in [5, 5.41) is 1.88. The van der Waals surface area contributed by atoms with Crippen LogP contribution in [0.25, 0.3) is 0 Å². The van der Waals surface area contributed by atoms with Crippen molar-refractivity contribution in [1.82, 2.24) is 5.32 Å². The van der Waals surface area contributed by atoms with Crippen LogP contribution in [0.4, 0.5) is 14.5 Å². The van der Waals surface area contributed by atoms with Crippen LogP contribution < -0.4 is 10.0 Å². The second-order valence-electron chi connectivity index (χ2n) is 3.61. The average Bonchev–Trinajstić information content (AvgIpc) is 2.24. The Morgan fingerprint density at radius 2 is 1.82 bits per heavy atom. The van der Waals surface area contributed by atoms with Crippen molar-refractivity contribution in [3.63, 3.8) is 0 Å². The fourth-order valence-corrected chi connectivity index (χ4v) is 2.30. The molecular weight excluding hydrogens is 250 g/mol. The summed E-state index contributed by atoms with van der Waals surface area (Å²) >= 11 is 0. The lowest BCUT2D eigenvalue weighted by atomic mass is 10.3. The lowest BCUT2D eigenvalue weighted by Crippen LogP contribution is -2.33. The maximum Gasteiger partial charge on any atom is 0.236 e. The SMILES string of the molecule is CNCC(C)S(=O)(=O)Nc1c(F)cccc1F. The zero-order valence-corrected chi connectivity index (χ0v) is 10.3. The van der Waals surface area contributed by atoms with Crippen LogP contribution in [-0.2, 0) is 10.0 Å². The van der Waals surface area contributed by atoms with E-state index in [1.807, 2.05) is 4.72 Å². The minimum atomic E-state index is -3.81. The summed E-state index contributed by atoms with van der Waals surface area (Å²) in [6.45, 7) is 1.63. The third-order valence-electron chi connectivity index (χ3n) is 2.23. The first kappa shape index (κ1) is 13.9. The second kappa shape index (κ2) is 5.42. The van der Waals surface area contributed by atoms with Gasteiger partial charge >= 0.3 is 0 Å². The van der Waals surface area contributed by atoms with Gasteiger partial charge in [-0.05, 0) is 26.1 Å². The molecule has 1 aromatic carbocycles. The topological polar surface area (TPSA) is 58.2 Å². The van der Waals surface area contributed by atoms with E-state index in [2.05, 4.69) is 5.32 Å². The van der Waals surface area contributed by atoms with Crippen molar-refractivity contribution in [2.45, 2.75) is 12.2 Å². The molecule has 4 nitrogen and oxygen atoms in total. The second-order valence-corrected chi connectivity index (χ2v) is 5.71. The molecule has 1 atom stereocenters. The van der Waals surface area contributed by atoms with E-state index in [0.717, 1.165) is 12.1 Å². The van der Waals surface area contributed by atoms with Gasteiger partial charge in [-0.1, -0.05) is 6.07 Å². The van der Waals surface area contributed by atoms with Crippen LogP contribution in [0.3, 0.4) is 0 Å². The molecule has 1 aromatic rings. The molecule has 0 amide bonds. The van der Waals surface area contributed by atoms with E-state index < -0.39 is 32.6 Å². The lowest BCUT2D eigenvalue weighted by molar-refractivity contribution is 0.574. The molecule has 0 saturated carbocycles. The first-order valence-electron chi connectivity index (χ1n) is 4.98. The molecular formula is C10H14F2N2O2S. The maximum absolute atomic E-state index is 13.2. The molecule has 96 valence electrons. The Morgan fingerprint density at radius 1 is 1.29 bits per heavy atom. The fourth-order valence-electron chi connectivity index (χ4n) is 1.24. The number of anilines is 1. The molecule has 0 radical (unpaired) electrons. The Kier molecular flexibility index (Phi) is 4.41. The van der Waals surface area contributed by atoms with Crippen molar-refractivity contribution < 1.29 is 17.2 Å². The van der Waals surface area contributed by atoms with Gasteiger partial charge in [0.1, 0.15) is 17.3 Å². The number of nitrogens with one attached hydrogen (secondary N) is 2. The van der Waals surface area contributed by atoms with Gasteiger partial charge in [-0.15, -0.1) is 0 Å². The van der Waals surface area contributed by atoms with Gasteiger partial charge in [-0.3, -0.25) is 4.72 Å². The monoisotopic (exact) mass is 264 g/mol. The van der Waals surface area contributed by atoms with Crippen molar-refractivity contribution in [3.05, 3.63) is 29.8 Å². The summed E-state index contributed by atoms with van der Waals surface area (Å²) < 4.78 is 51.8. The number of para-hydroxylation sites is 1. The molecule has 0 aliphatic carbocycles. The first-order valence-corrected chi connectivity index (χ1v) is 6.53. The van der Waals surface area contributed by atoms with Gasteiger partial charge in [0.15, 0.2) is 0 Å². The Morgan fingerprint density at radius 3 is 2.29 bits per heavy atom. The van der Waals surface area contributed by atoms with E-state index in [1.165, 1.54) is 13.0 Å². The van der Waals surface area contributed by atoms with E-state index >= 15 is 0 Å². The predicted octanol–water partition coefficient (Wildman–Crippen LogP) is 1.31. The number of rotatable bonds is 5. The number of benzene rings is 1. The van der Waals surface area contributed by atoms with Gasteiger partial charge in [0, 0.05) is 6.54 Å². The molecule has 1 rings (SSSR count). The average molecular weight is 264 g/mol. The normalized spacial score (nSPS) is 13.4. The van der Waals surface area contributed by atoms with Gasteiger partial charge in [-0.25, -0.2) is 17.2 Å². The minimum absolute atomic E-state index is 0.186. The molecule has 0 aliphatic rings. The van der Waals surface area contributed by atoms with E-state index in [1.54, 1.807) is 7.05 Å². The molecule has 0 aliphatic heterocycles. The van der Waals surface area contributed by atoms with Crippen LogP contribution in [0, 0.1) is 11.6 Å². The van der Waals surface area contributed by atoms with E-state index in [9.17, 15) is 17.2 Å². The summed E-state index contributed by atoms with van der Waals surface area (Å²) in [6, 6.07) is 3.15. The van der Waals surface area contributed by atoms with Crippen LogP contribution in [0.5, 0.6) is 0 Å². The van der Waals surface area contributed by atoms with Gasteiger partial charge in [-0.2, -0.15) is 0 Å². The molecule has 0 bridgehead atoms. The van der Waals surface area contributed by atoms with E-state index in [-0.39, 0.29) is 6.54 Å². The summed E-state index contributed by atoms with van der Waals surface area (Å²) in [5.74, 6) is -1.88. The molecule has 0 saturated heterocycles. The van der Waals surface area contributed by atoms with Crippen molar-refractivity contribution in [2.24, 2.45) is 0 Å². The highest BCUT2D eigenvalue weighted by molar-refractivity contribution is 7.93. The lowest BCUT2D eigenvalue weighted by Gasteiger charge is -2.15. The number of halogens is 2. The Hall–Kier alpha value is -1.21. The summed E-state index contributed by atoms with van der Waals surface area (Å²) in [4.78, 5) is 0. The highest BCUT2D eigenvalue weighted by Crippen LogP contribution is 2.20. The van der Waals surface area contributed by atoms with Crippen LogP contribution in [-0.4, -0.2) is 27.3 Å². The molecule has 0 aromatic heterocycles. The molecule has 0 heterocycles. The van der Waals surface area contributed by atoms with Gasteiger partial charge in [0.05, 0.1) is 5.25 Å². The predicted molar refractivity (Wildman–Crippen MR) is 62.3 cm³/mol. The minimum Gasteiger partial charge on any atom is -0.318 e. The Balaban J connectivity index is 2.98. The number of sulfonamides is 1. The largest absolute Gasteiger partial charge is 0.318 e. The zero-order valence-electron chi connectivity index (χ0n) is 9.50. The standard InChI is InChI=1S/C10H14F2N2O2S/c1-7(6-13-2)17(15,16)14-10-8(11)4-3-5-9(10)12/h3-5,7,13-14H,6H2,1-2H3. The van der Waals surface area contributed by atoms with Crippen molar-refractivity contribution >= 4 is 15.7 Å². The quantitative estimate of drug-likeness (QED) is 0.843. The Bertz CT molecular complexity index is 471. The summed E-state index contributed by atoms with van der Waals surface area (Å²) in [7, 11) is -2.22. The fraction of sp³-hybridized carbons (Fsp3) is 0.400. The molecule has 1 unspecified atom stereocenters. The van der Waals surface area contributed by atoms with Gasteiger partial charge in [0.25, 0.3) is 0 Å². The van der Waals surface area contributed by atoms with Crippen LogP contribution in [0.2, 0.25) is 0 Å². The van der Waals surface area contributed by atoms with Crippen molar-refractivity contribution in [2.75, 3.05) is 18.3 Å². The summed E-state index contributed by atoms with van der Waals surface area (Å²) in [5.41, 5.74) is -0.643. The molecule has 7 heteroatoms. The van der Waals surface area contributed by atoms with E-state index in [4.69, 9.17) is 0 Å². The molecule has 2 N–H and O–H groups in total. The number of hydrogen-bond donors (Lipinski definition) is 2. The van der Waals surface area contributed by atoms with Crippen molar-refractivity contribution in [1.29, 1.82) is 0 Å². The molecule has 17 heavy (non-hydrogen) atoms. The van der Waals surface area contributed by atoms with Crippen molar-refractivity contribution in [3.8, 4) is 0 Å². The highest BCUT2D eigenvalue weighted by atomic mass is 32.2. The van der Waals surface area contributed by atoms with Gasteiger partial charge in [0.2, 0.25) is 10.0 Å². The highest BCUT2D eigenvalue weighted by Gasteiger charge is 2.22. The molecule has 0 spiro atoms. The van der Waals surface area contributed by atoms with Crippen LogP contribution in [0.15, 0.2) is 18.2 Å².